The summed E-state index contributed by atoms with van der Waals surface area (Å²) in [5.74, 6) is -0.273. The van der Waals surface area contributed by atoms with E-state index < -0.39 is 16.9 Å². The van der Waals surface area contributed by atoms with Gasteiger partial charge in [0, 0.05) is 22.8 Å². The number of β-lactam (4-membered cyclic amide) rings is 1. The first-order valence-corrected chi connectivity index (χ1v) is 9.59. The highest BCUT2D eigenvalue weighted by atomic mass is 32.2. The zero-order valence-corrected chi connectivity index (χ0v) is 14.8. The van der Waals surface area contributed by atoms with Gasteiger partial charge in [0.15, 0.2) is 0 Å². The summed E-state index contributed by atoms with van der Waals surface area (Å²) in [4.78, 5) is 36.9. The molecule has 0 bridgehead atoms. The quantitative estimate of drug-likeness (QED) is 0.353. The molecule has 0 aliphatic carbocycles. The number of hydrogen-bond acceptors (Lipinski definition) is 8. The largest absolute Gasteiger partial charge is 0.456 e. The van der Waals surface area contributed by atoms with Crippen molar-refractivity contribution in [2.75, 3.05) is 12.0 Å². The minimum absolute atomic E-state index is 0.0326. The van der Waals surface area contributed by atoms with E-state index in [1.807, 2.05) is 6.26 Å². The molecule has 0 radical (unpaired) electrons. The fourth-order valence-electron chi connectivity index (χ4n) is 2.56. The SMILES string of the molecule is CSC1=C(C(=O)OCc2ccc([N+](=O)[O-])cc2)N2C(=O)C(N)[C@@H]2SC1. The van der Waals surface area contributed by atoms with Gasteiger partial charge in [-0.1, -0.05) is 0 Å². The number of amides is 1. The second-order valence-electron chi connectivity index (χ2n) is 5.41. The summed E-state index contributed by atoms with van der Waals surface area (Å²) in [6.45, 7) is -0.0338. The molecule has 1 amide bonds. The minimum Gasteiger partial charge on any atom is -0.456 e. The molecule has 2 N–H and O–H groups in total. The molecule has 1 unspecified atom stereocenters. The summed E-state index contributed by atoms with van der Waals surface area (Å²) in [5.41, 5.74) is 6.63. The van der Waals surface area contributed by atoms with Crippen LogP contribution >= 0.6 is 23.5 Å². The lowest BCUT2D eigenvalue weighted by Crippen LogP contribution is -2.68. The van der Waals surface area contributed by atoms with E-state index in [0.717, 1.165) is 4.91 Å². The molecule has 1 fully saturated rings. The van der Waals surface area contributed by atoms with Crippen LogP contribution < -0.4 is 5.73 Å². The average Bonchev–Trinajstić information content (AvgIpc) is 2.64. The highest BCUT2D eigenvalue weighted by Crippen LogP contribution is 2.42. The number of carbonyl (C=O) groups is 2. The van der Waals surface area contributed by atoms with E-state index in [9.17, 15) is 19.7 Å². The molecule has 2 aliphatic rings. The maximum atomic E-state index is 12.5. The molecule has 2 heterocycles. The molecule has 132 valence electrons. The fraction of sp³-hybridized carbons (Fsp3) is 0.333. The number of nitrogens with zero attached hydrogens (tertiary/aromatic N) is 2. The number of esters is 1. The van der Waals surface area contributed by atoms with Crippen molar-refractivity contribution in [3.8, 4) is 0 Å². The van der Waals surface area contributed by atoms with Crippen LogP contribution in [0.2, 0.25) is 0 Å². The third-order valence-corrected chi connectivity index (χ3v) is 6.25. The summed E-state index contributed by atoms with van der Waals surface area (Å²) in [6, 6.07) is 5.16. The first-order chi connectivity index (χ1) is 11.9. The van der Waals surface area contributed by atoms with Gasteiger partial charge in [0.2, 0.25) is 5.91 Å². The number of rotatable bonds is 5. The molecule has 25 heavy (non-hydrogen) atoms. The zero-order chi connectivity index (χ0) is 18.1. The number of carbonyl (C=O) groups excluding carboxylic acids is 2. The van der Waals surface area contributed by atoms with E-state index in [-0.39, 0.29) is 29.3 Å². The lowest BCUT2D eigenvalue weighted by atomic mass is 10.1. The van der Waals surface area contributed by atoms with Crippen LogP contribution in [0.5, 0.6) is 0 Å². The number of fused-ring (bicyclic) bond motifs is 1. The smallest absolute Gasteiger partial charge is 0.356 e. The molecule has 3 rings (SSSR count). The predicted molar refractivity (Wildman–Crippen MR) is 94.5 cm³/mol. The Morgan fingerprint density at radius 2 is 2.16 bits per heavy atom. The van der Waals surface area contributed by atoms with Crippen LogP contribution in [0.4, 0.5) is 5.69 Å². The number of benzene rings is 1. The Balaban J connectivity index is 1.72. The van der Waals surface area contributed by atoms with Gasteiger partial charge in [0.1, 0.15) is 23.7 Å². The molecule has 8 nitrogen and oxygen atoms in total. The average molecular weight is 381 g/mol. The van der Waals surface area contributed by atoms with Gasteiger partial charge in [-0.2, -0.15) is 0 Å². The van der Waals surface area contributed by atoms with Crippen molar-refractivity contribution >= 4 is 41.1 Å². The highest BCUT2D eigenvalue weighted by Gasteiger charge is 2.52. The van der Waals surface area contributed by atoms with Crippen molar-refractivity contribution in [3.63, 3.8) is 0 Å². The monoisotopic (exact) mass is 381 g/mol. The highest BCUT2D eigenvalue weighted by molar-refractivity contribution is 8.05. The van der Waals surface area contributed by atoms with E-state index in [0.29, 0.717) is 11.3 Å². The lowest BCUT2D eigenvalue weighted by molar-refractivity contribution is -0.384. The molecular formula is C15H15N3O5S2. The van der Waals surface area contributed by atoms with Gasteiger partial charge in [-0.3, -0.25) is 19.8 Å². The molecule has 0 aromatic heterocycles. The summed E-state index contributed by atoms with van der Waals surface area (Å²) in [7, 11) is 0. The van der Waals surface area contributed by atoms with Crippen LogP contribution in [-0.2, 0) is 20.9 Å². The number of nitrogens with two attached hydrogens (primary N) is 1. The Hall–Kier alpha value is -2.04. The second-order valence-corrected chi connectivity index (χ2v) is 7.42. The Kier molecular flexibility index (Phi) is 5.02. The van der Waals surface area contributed by atoms with Crippen molar-refractivity contribution < 1.29 is 19.2 Å². The Morgan fingerprint density at radius 3 is 2.76 bits per heavy atom. The van der Waals surface area contributed by atoms with Crippen molar-refractivity contribution in [2.45, 2.75) is 18.0 Å². The molecule has 0 spiro atoms. The van der Waals surface area contributed by atoms with Crippen LogP contribution in [0.1, 0.15) is 5.56 Å². The molecule has 2 atom stereocenters. The van der Waals surface area contributed by atoms with Gasteiger partial charge in [-0.15, -0.1) is 23.5 Å². The van der Waals surface area contributed by atoms with E-state index in [2.05, 4.69) is 0 Å². The summed E-state index contributed by atoms with van der Waals surface area (Å²) < 4.78 is 5.31. The van der Waals surface area contributed by atoms with Gasteiger partial charge in [-0.05, 0) is 24.0 Å². The van der Waals surface area contributed by atoms with Gasteiger partial charge in [0.05, 0.1) is 4.92 Å². The third kappa shape index (κ3) is 3.24. The van der Waals surface area contributed by atoms with E-state index in [1.165, 1.54) is 52.7 Å². The summed E-state index contributed by atoms with van der Waals surface area (Å²) in [6.07, 6.45) is 1.84. The first kappa shape index (κ1) is 17.8. The molecule has 1 saturated heterocycles. The normalized spacial score (nSPS) is 22.3. The number of nitro groups is 1. The predicted octanol–water partition coefficient (Wildman–Crippen LogP) is 1.46. The van der Waals surface area contributed by atoms with Crippen LogP contribution in [0.15, 0.2) is 34.9 Å². The standard InChI is InChI=1S/C15H15N3O5S2/c1-24-10-7-25-14-11(16)13(19)17(14)12(10)15(20)23-6-8-2-4-9(5-3-8)18(21)22/h2-5,11,14H,6-7,16H2,1H3/t11?,14-/m0/s1. The summed E-state index contributed by atoms with van der Waals surface area (Å²) >= 11 is 2.93. The molecule has 2 aliphatic heterocycles. The number of hydrogen-bond donors (Lipinski definition) is 1. The number of thioether (sulfide) groups is 2. The number of ether oxygens (including phenoxy) is 1. The lowest BCUT2D eigenvalue weighted by Gasteiger charge is -2.48. The van der Waals surface area contributed by atoms with Crippen molar-refractivity contribution in [1.82, 2.24) is 4.90 Å². The number of nitro benzene ring substituents is 1. The van der Waals surface area contributed by atoms with Gasteiger partial charge in [-0.25, -0.2) is 4.79 Å². The second kappa shape index (κ2) is 7.06. The first-order valence-electron chi connectivity index (χ1n) is 7.32. The van der Waals surface area contributed by atoms with Crippen molar-refractivity contribution in [1.29, 1.82) is 0 Å². The summed E-state index contributed by atoms with van der Waals surface area (Å²) in [5, 5.41) is 10.4. The Labute approximate surface area is 151 Å². The maximum absolute atomic E-state index is 12.5. The van der Waals surface area contributed by atoms with Gasteiger partial charge >= 0.3 is 5.97 Å². The van der Waals surface area contributed by atoms with E-state index in [4.69, 9.17) is 10.5 Å². The number of non-ortho nitro benzene ring substituents is 1. The van der Waals surface area contributed by atoms with Crippen molar-refractivity contribution in [3.05, 3.63) is 50.5 Å². The Morgan fingerprint density at radius 1 is 1.48 bits per heavy atom. The maximum Gasteiger partial charge on any atom is 0.356 e. The minimum atomic E-state index is -0.592. The van der Waals surface area contributed by atoms with Crippen LogP contribution in [0.25, 0.3) is 0 Å². The van der Waals surface area contributed by atoms with Crippen LogP contribution in [0.3, 0.4) is 0 Å². The van der Waals surface area contributed by atoms with Crippen LogP contribution in [-0.4, -0.2) is 45.1 Å². The molecule has 10 heteroatoms. The molecule has 1 aromatic rings. The van der Waals surface area contributed by atoms with Gasteiger partial charge < -0.3 is 10.5 Å². The Bertz CT molecular complexity index is 765. The molecule has 0 saturated carbocycles. The van der Waals surface area contributed by atoms with Crippen LogP contribution in [0, 0.1) is 10.1 Å². The topological polar surface area (TPSA) is 116 Å². The molecular weight excluding hydrogens is 366 g/mol. The van der Waals surface area contributed by atoms with E-state index in [1.54, 1.807) is 0 Å². The van der Waals surface area contributed by atoms with E-state index >= 15 is 0 Å². The molecule has 1 aromatic carbocycles. The van der Waals surface area contributed by atoms with Crippen molar-refractivity contribution in [2.24, 2.45) is 5.73 Å². The van der Waals surface area contributed by atoms with Gasteiger partial charge in [0.25, 0.3) is 5.69 Å². The fourth-order valence-corrected chi connectivity index (χ4v) is 4.76. The third-order valence-electron chi connectivity index (χ3n) is 3.93. The zero-order valence-electron chi connectivity index (χ0n) is 13.2.